The highest BCUT2D eigenvalue weighted by Gasteiger charge is 2.08. The van der Waals surface area contributed by atoms with Gasteiger partial charge in [0.1, 0.15) is 0 Å². The minimum absolute atomic E-state index is 0.105. The molecule has 0 aliphatic rings. The van der Waals surface area contributed by atoms with E-state index in [-0.39, 0.29) is 6.04 Å². The Balaban J connectivity index is 2.36. The highest BCUT2D eigenvalue weighted by Crippen LogP contribution is 2.17. The minimum Gasteiger partial charge on any atom is -0.311 e. The normalized spacial score (nSPS) is 12.4. The molecule has 1 aromatic heterocycles. The van der Waals surface area contributed by atoms with Crippen LogP contribution in [0.25, 0.3) is 11.3 Å². The predicted molar refractivity (Wildman–Crippen MR) is 67.5 cm³/mol. The summed E-state index contributed by atoms with van der Waals surface area (Å²) in [5, 5.41) is 11.1. The standard InChI is InChI=1S/C13H16N4/c1-9-4-6-11(7-5-9)12-8-15-17-13(16-12)10(2)14-3/h4-8,10,14H,1-3H3. The van der Waals surface area contributed by atoms with E-state index in [0.29, 0.717) is 5.82 Å². The van der Waals surface area contributed by atoms with E-state index in [2.05, 4.69) is 39.6 Å². The highest BCUT2D eigenvalue weighted by atomic mass is 15.2. The van der Waals surface area contributed by atoms with Crippen molar-refractivity contribution < 1.29 is 0 Å². The second kappa shape index (κ2) is 5.01. The number of rotatable bonds is 3. The molecule has 0 amide bonds. The Morgan fingerprint density at radius 2 is 1.88 bits per heavy atom. The lowest BCUT2D eigenvalue weighted by atomic mass is 10.1. The van der Waals surface area contributed by atoms with Crippen LogP contribution in [0.15, 0.2) is 30.5 Å². The Morgan fingerprint density at radius 1 is 1.18 bits per heavy atom. The van der Waals surface area contributed by atoms with E-state index >= 15 is 0 Å². The van der Waals surface area contributed by atoms with Crippen molar-refractivity contribution in [3.8, 4) is 11.3 Å². The van der Waals surface area contributed by atoms with Crippen LogP contribution in [0, 0.1) is 6.92 Å². The Kier molecular flexibility index (Phi) is 3.44. The van der Waals surface area contributed by atoms with Crippen molar-refractivity contribution in [2.75, 3.05) is 7.05 Å². The fourth-order valence-corrected chi connectivity index (χ4v) is 1.49. The summed E-state index contributed by atoms with van der Waals surface area (Å²) in [5.41, 5.74) is 3.16. The van der Waals surface area contributed by atoms with Gasteiger partial charge in [0.2, 0.25) is 0 Å². The van der Waals surface area contributed by atoms with Crippen LogP contribution >= 0.6 is 0 Å². The lowest BCUT2D eigenvalue weighted by molar-refractivity contribution is 0.598. The summed E-state index contributed by atoms with van der Waals surface area (Å²) in [6, 6.07) is 8.34. The molecule has 17 heavy (non-hydrogen) atoms. The topological polar surface area (TPSA) is 50.7 Å². The van der Waals surface area contributed by atoms with Gasteiger partial charge in [0, 0.05) is 5.56 Å². The Bertz CT molecular complexity index is 493. The van der Waals surface area contributed by atoms with Crippen molar-refractivity contribution >= 4 is 0 Å². The zero-order valence-corrected chi connectivity index (χ0v) is 10.3. The number of benzene rings is 1. The molecule has 0 saturated carbocycles. The van der Waals surface area contributed by atoms with Gasteiger partial charge in [-0.1, -0.05) is 29.8 Å². The number of aryl methyl sites for hydroxylation is 1. The molecule has 0 spiro atoms. The van der Waals surface area contributed by atoms with E-state index in [1.807, 2.05) is 26.1 Å². The number of hydrogen-bond acceptors (Lipinski definition) is 4. The van der Waals surface area contributed by atoms with Gasteiger partial charge in [0.05, 0.1) is 17.9 Å². The molecule has 1 N–H and O–H groups in total. The molecular weight excluding hydrogens is 212 g/mol. The molecule has 1 atom stereocenters. The first kappa shape index (κ1) is 11.7. The third-order valence-electron chi connectivity index (χ3n) is 2.74. The third kappa shape index (κ3) is 2.65. The highest BCUT2D eigenvalue weighted by molar-refractivity contribution is 5.58. The second-order valence-electron chi connectivity index (χ2n) is 4.08. The van der Waals surface area contributed by atoms with Crippen molar-refractivity contribution in [2.45, 2.75) is 19.9 Å². The van der Waals surface area contributed by atoms with E-state index in [9.17, 15) is 0 Å². The predicted octanol–water partition coefficient (Wildman–Crippen LogP) is 2.13. The van der Waals surface area contributed by atoms with Gasteiger partial charge in [0.25, 0.3) is 0 Å². The Labute approximate surface area is 101 Å². The molecule has 1 aromatic carbocycles. The minimum atomic E-state index is 0.105. The van der Waals surface area contributed by atoms with E-state index in [1.54, 1.807) is 6.20 Å². The number of nitrogens with zero attached hydrogens (tertiary/aromatic N) is 3. The average molecular weight is 228 g/mol. The van der Waals surface area contributed by atoms with Gasteiger partial charge in [-0.3, -0.25) is 0 Å². The summed E-state index contributed by atoms with van der Waals surface area (Å²) in [6.07, 6.45) is 1.69. The van der Waals surface area contributed by atoms with Crippen molar-refractivity contribution in [2.24, 2.45) is 0 Å². The smallest absolute Gasteiger partial charge is 0.168 e. The average Bonchev–Trinajstić information content (AvgIpc) is 2.39. The number of nitrogens with one attached hydrogen (secondary N) is 1. The number of hydrogen-bond donors (Lipinski definition) is 1. The van der Waals surface area contributed by atoms with Gasteiger partial charge in [-0.05, 0) is 20.9 Å². The SMILES string of the molecule is CNC(C)c1nncc(-c2ccc(C)cc2)n1. The Morgan fingerprint density at radius 3 is 2.53 bits per heavy atom. The van der Waals surface area contributed by atoms with E-state index in [0.717, 1.165) is 11.3 Å². The molecule has 0 radical (unpaired) electrons. The molecule has 1 heterocycles. The molecule has 0 aliphatic carbocycles. The molecule has 4 heteroatoms. The van der Waals surface area contributed by atoms with Crippen molar-refractivity contribution in [1.29, 1.82) is 0 Å². The molecule has 2 aromatic rings. The lowest BCUT2D eigenvalue weighted by Gasteiger charge is -2.08. The molecule has 1 unspecified atom stereocenters. The largest absolute Gasteiger partial charge is 0.311 e. The van der Waals surface area contributed by atoms with Crippen LogP contribution in [-0.4, -0.2) is 22.2 Å². The first-order chi connectivity index (χ1) is 8.20. The summed E-state index contributed by atoms with van der Waals surface area (Å²) in [6.45, 7) is 4.08. The van der Waals surface area contributed by atoms with Crippen LogP contribution in [0.5, 0.6) is 0 Å². The second-order valence-corrected chi connectivity index (χ2v) is 4.08. The van der Waals surface area contributed by atoms with Crippen LogP contribution in [0.1, 0.15) is 24.4 Å². The zero-order valence-electron chi connectivity index (χ0n) is 10.3. The van der Waals surface area contributed by atoms with Crippen LogP contribution in [0.2, 0.25) is 0 Å². The first-order valence-electron chi connectivity index (χ1n) is 5.64. The molecule has 2 rings (SSSR count). The Hall–Kier alpha value is -1.81. The molecule has 0 saturated heterocycles. The van der Waals surface area contributed by atoms with Crippen molar-refractivity contribution in [3.63, 3.8) is 0 Å². The van der Waals surface area contributed by atoms with E-state index < -0.39 is 0 Å². The van der Waals surface area contributed by atoms with Crippen LogP contribution < -0.4 is 5.32 Å². The summed E-state index contributed by atoms with van der Waals surface area (Å²) >= 11 is 0. The summed E-state index contributed by atoms with van der Waals surface area (Å²) in [4.78, 5) is 4.51. The van der Waals surface area contributed by atoms with Crippen LogP contribution in [0.3, 0.4) is 0 Å². The van der Waals surface area contributed by atoms with E-state index in [4.69, 9.17) is 0 Å². The van der Waals surface area contributed by atoms with Crippen LogP contribution in [0.4, 0.5) is 0 Å². The number of aromatic nitrogens is 3. The fourth-order valence-electron chi connectivity index (χ4n) is 1.49. The maximum absolute atomic E-state index is 4.51. The maximum atomic E-state index is 4.51. The van der Waals surface area contributed by atoms with Crippen molar-refractivity contribution in [1.82, 2.24) is 20.5 Å². The van der Waals surface area contributed by atoms with Gasteiger partial charge >= 0.3 is 0 Å². The van der Waals surface area contributed by atoms with Gasteiger partial charge in [-0.15, -0.1) is 5.10 Å². The lowest BCUT2D eigenvalue weighted by Crippen LogP contribution is -2.16. The van der Waals surface area contributed by atoms with Crippen LogP contribution in [-0.2, 0) is 0 Å². The molecular formula is C13H16N4. The van der Waals surface area contributed by atoms with Gasteiger partial charge in [-0.2, -0.15) is 5.10 Å². The maximum Gasteiger partial charge on any atom is 0.168 e. The fraction of sp³-hybridized carbons (Fsp3) is 0.308. The molecule has 88 valence electrons. The van der Waals surface area contributed by atoms with E-state index in [1.165, 1.54) is 5.56 Å². The summed E-state index contributed by atoms with van der Waals surface area (Å²) in [5.74, 6) is 0.713. The zero-order chi connectivity index (χ0) is 12.3. The molecule has 4 nitrogen and oxygen atoms in total. The van der Waals surface area contributed by atoms with Gasteiger partial charge in [0.15, 0.2) is 5.82 Å². The quantitative estimate of drug-likeness (QED) is 0.874. The monoisotopic (exact) mass is 228 g/mol. The van der Waals surface area contributed by atoms with Crippen molar-refractivity contribution in [3.05, 3.63) is 41.9 Å². The summed E-state index contributed by atoms with van der Waals surface area (Å²) in [7, 11) is 1.88. The molecule has 0 aliphatic heterocycles. The molecule has 0 fully saturated rings. The summed E-state index contributed by atoms with van der Waals surface area (Å²) < 4.78 is 0. The van der Waals surface area contributed by atoms with Gasteiger partial charge in [-0.25, -0.2) is 4.98 Å². The third-order valence-corrected chi connectivity index (χ3v) is 2.74. The van der Waals surface area contributed by atoms with Gasteiger partial charge < -0.3 is 5.32 Å². The molecule has 0 bridgehead atoms. The first-order valence-corrected chi connectivity index (χ1v) is 5.64.